The minimum absolute atomic E-state index is 0.111. The van der Waals surface area contributed by atoms with Crippen LogP contribution in [0.15, 0.2) is 23.8 Å². The number of rotatable bonds is 9. The van der Waals surface area contributed by atoms with Crippen LogP contribution >= 0.6 is 0 Å². The zero-order chi connectivity index (χ0) is 14.8. The maximum Gasteiger partial charge on any atom is 0.152 e. The highest BCUT2D eigenvalue weighted by molar-refractivity contribution is 5.87. The van der Waals surface area contributed by atoms with Gasteiger partial charge >= 0.3 is 0 Å². The molecule has 0 aromatic carbocycles. The third-order valence-electron chi connectivity index (χ3n) is 3.30. The Labute approximate surface area is 118 Å². The molecule has 1 atom stereocenters. The van der Waals surface area contributed by atoms with Crippen molar-refractivity contribution >= 4 is 11.6 Å². The molecule has 0 bridgehead atoms. The molecular weight excluding hydrogens is 236 g/mol. The summed E-state index contributed by atoms with van der Waals surface area (Å²) in [7, 11) is 0. The van der Waals surface area contributed by atoms with Crippen LogP contribution < -0.4 is 0 Å². The molecule has 19 heavy (non-hydrogen) atoms. The van der Waals surface area contributed by atoms with Crippen molar-refractivity contribution < 1.29 is 9.59 Å². The van der Waals surface area contributed by atoms with Gasteiger partial charge in [0.15, 0.2) is 5.78 Å². The maximum atomic E-state index is 11.0. The molecule has 1 unspecified atom stereocenters. The zero-order valence-corrected chi connectivity index (χ0v) is 13.0. The highest BCUT2D eigenvalue weighted by Gasteiger charge is 2.10. The number of allylic oxidation sites excluding steroid dienone is 4. The van der Waals surface area contributed by atoms with Crippen molar-refractivity contribution in [1.29, 1.82) is 0 Å². The average Bonchev–Trinajstić information content (AvgIpc) is 2.27. The van der Waals surface area contributed by atoms with E-state index in [9.17, 15) is 9.59 Å². The number of carbonyl (C=O) groups is 2. The Kier molecular flexibility index (Phi) is 9.11. The highest BCUT2D eigenvalue weighted by atomic mass is 16.1. The Balaban J connectivity index is 4.24. The van der Waals surface area contributed by atoms with Crippen LogP contribution in [0.4, 0.5) is 0 Å². The maximum absolute atomic E-state index is 11.0. The van der Waals surface area contributed by atoms with Crippen molar-refractivity contribution in [1.82, 2.24) is 0 Å². The van der Waals surface area contributed by atoms with Crippen LogP contribution in [0.3, 0.4) is 0 Å². The molecule has 0 aromatic rings. The predicted molar refractivity (Wildman–Crippen MR) is 81.1 cm³/mol. The van der Waals surface area contributed by atoms with Crippen LogP contribution in [0.1, 0.15) is 60.3 Å². The lowest BCUT2D eigenvalue weighted by molar-refractivity contribution is -0.117. The Bertz CT molecular complexity index is 348. The minimum Gasteiger partial charge on any atom is -0.300 e. The number of ketones is 2. The molecule has 0 aliphatic carbocycles. The first-order valence-corrected chi connectivity index (χ1v) is 7.16. The Hall–Kier alpha value is -1.18. The normalized spacial score (nSPS) is 14.1. The lowest BCUT2D eigenvalue weighted by Gasteiger charge is -2.16. The SMILES string of the molecule is CC(=O)C=CC(CCC(C)=CCCC(C)=O)C(C)C. The summed E-state index contributed by atoms with van der Waals surface area (Å²) in [5.41, 5.74) is 1.34. The van der Waals surface area contributed by atoms with Gasteiger partial charge in [0.25, 0.3) is 0 Å². The van der Waals surface area contributed by atoms with Gasteiger partial charge in [-0.25, -0.2) is 0 Å². The monoisotopic (exact) mass is 264 g/mol. The van der Waals surface area contributed by atoms with Gasteiger partial charge in [-0.15, -0.1) is 0 Å². The fraction of sp³-hybridized carbons (Fsp3) is 0.647. The molecule has 0 saturated heterocycles. The molecule has 2 heteroatoms. The van der Waals surface area contributed by atoms with Crippen LogP contribution in [0.5, 0.6) is 0 Å². The van der Waals surface area contributed by atoms with Crippen molar-refractivity contribution in [2.45, 2.75) is 60.3 Å². The molecule has 0 saturated carbocycles. The third-order valence-corrected chi connectivity index (χ3v) is 3.30. The summed E-state index contributed by atoms with van der Waals surface area (Å²) in [4.78, 5) is 21.8. The number of hydrogen-bond acceptors (Lipinski definition) is 2. The molecule has 0 aromatic heterocycles. The number of carbonyl (C=O) groups excluding carboxylic acids is 2. The van der Waals surface area contributed by atoms with Gasteiger partial charge in [0.2, 0.25) is 0 Å². The van der Waals surface area contributed by atoms with E-state index in [2.05, 4.69) is 26.8 Å². The molecule has 0 radical (unpaired) electrons. The zero-order valence-electron chi connectivity index (χ0n) is 13.0. The van der Waals surface area contributed by atoms with Crippen molar-refractivity contribution in [3.05, 3.63) is 23.8 Å². The Morgan fingerprint density at radius 2 is 1.68 bits per heavy atom. The van der Waals surface area contributed by atoms with Crippen molar-refractivity contribution in [3.63, 3.8) is 0 Å². The highest BCUT2D eigenvalue weighted by Crippen LogP contribution is 2.21. The second kappa shape index (κ2) is 9.71. The Morgan fingerprint density at radius 1 is 1.05 bits per heavy atom. The smallest absolute Gasteiger partial charge is 0.152 e. The number of Topliss-reactive ketones (excluding diaryl/α,β-unsaturated/α-hetero) is 1. The molecule has 0 amide bonds. The summed E-state index contributed by atoms with van der Waals surface area (Å²) in [6.07, 6.45) is 9.45. The molecular formula is C17H28O2. The van der Waals surface area contributed by atoms with Gasteiger partial charge in [0.1, 0.15) is 5.78 Å². The van der Waals surface area contributed by atoms with Crippen LogP contribution in [0, 0.1) is 11.8 Å². The van der Waals surface area contributed by atoms with E-state index in [1.807, 2.05) is 6.08 Å². The first-order chi connectivity index (χ1) is 8.82. The third kappa shape index (κ3) is 10.4. The van der Waals surface area contributed by atoms with E-state index >= 15 is 0 Å². The summed E-state index contributed by atoms with van der Waals surface area (Å²) >= 11 is 0. The molecule has 0 fully saturated rings. The standard InChI is InChI=1S/C17H28O2/c1-13(2)17(12-10-16(5)19)11-9-14(3)7-6-8-15(4)18/h7,10,12-13,17H,6,8-9,11H2,1-5H3. The average molecular weight is 264 g/mol. The van der Waals surface area contributed by atoms with Crippen LogP contribution in [0.2, 0.25) is 0 Å². The second-order valence-electron chi connectivity index (χ2n) is 5.71. The topological polar surface area (TPSA) is 34.1 Å². The molecule has 0 aliphatic rings. The first kappa shape index (κ1) is 17.8. The van der Waals surface area contributed by atoms with Gasteiger partial charge in [-0.2, -0.15) is 0 Å². The van der Waals surface area contributed by atoms with Crippen LogP contribution in [0.25, 0.3) is 0 Å². The van der Waals surface area contributed by atoms with Gasteiger partial charge in [0.05, 0.1) is 0 Å². The molecule has 0 N–H and O–H groups in total. The van der Waals surface area contributed by atoms with Gasteiger partial charge in [-0.3, -0.25) is 4.79 Å². The number of hydrogen-bond donors (Lipinski definition) is 0. The summed E-state index contributed by atoms with van der Waals surface area (Å²) in [6.45, 7) is 9.70. The fourth-order valence-corrected chi connectivity index (χ4v) is 1.93. The van der Waals surface area contributed by atoms with E-state index in [0.29, 0.717) is 18.3 Å². The van der Waals surface area contributed by atoms with Crippen LogP contribution in [-0.4, -0.2) is 11.6 Å². The van der Waals surface area contributed by atoms with E-state index in [4.69, 9.17) is 0 Å². The van der Waals surface area contributed by atoms with Crippen molar-refractivity contribution in [2.24, 2.45) is 11.8 Å². The molecule has 0 heterocycles. The summed E-state index contributed by atoms with van der Waals surface area (Å²) in [6, 6.07) is 0. The largest absolute Gasteiger partial charge is 0.300 e. The van der Waals surface area contributed by atoms with Crippen molar-refractivity contribution in [3.8, 4) is 0 Å². The summed E-state index contributed by atoms with van der Waals surface area (Å²) in [5.74, 6) is 1.34. The Morgan fingerprint density at radius 3 is 2.16 bits per heavy atom. The summed E-state index contributed by atoms with van der Waals surface area (Å²) in [5, 5.41) is 0. The second-order valence-corrected chi connectivity index (χ2v) is 5.71. The van der Waals surface area contributed by atoms with Crippen molar-refractivity contribution in [2.75, 3.05) is 0 Å². The fourth-order valence-electron chi connectivity index (χ4n) is 1.93. The quantitative estimate of drug-likeness (QED) is 0.454. The lowest BCUT2D eigenvalue weighted by Crippen LogP contribution is -2.06. The van der Waals surface area contributed by atoms with Gasteiger partial charge < -0.3 is 4.79 Å². The predicted octanol–water partition coefficient (Wildman–Crippen LogP) is 4.50. The van der Waals surface area contributed by atoms with Gasteiger partial charge in [-0.1, -0.05) is 31.6 Å². The van der Waals surface area contributed by atoms with Crippen LogP contribution in [-0.2, 0) is 9.59 Å². The molecule has 108 valence electrons. The summed E-state index contributed by atoms with van der Waals surface area (Å²) < 4.78 is 0. The van der Waals surface area contributed by atoms with Gasteiger partial charge in [0, 0.05) is 6.42 Å². The molecule has 0 aliphatic heterocycles. The first-order valence-electron chi connectivity index (χ1n) is 7.16. The van der Waals surface area contributed by atoms with E-state index in [-0.39, 0.29) is 11.6 Å². The molecule has 0 rings (SSSR count). The van der Waals surface area contributed by atoms with E-state index in [1.54, 1.807) is 19.9 Å². The van der Waals surface area contributed by atoms with Gasteiger partial charge in [-0.05, 0) is 57.9 Å². The molecule has 2 nitrogen and oxygen atoms in total. The minimum atomic E-state index is 0.111. The lowest BCUT2D eigenvalue weighted by atomic mass is 9.89. The molecule has 0 spiro atoms. The van der Waals surface area contributed by atoms with E-state index in [1.165, 1.54) is 5.57 Å². The van der Waals surface area contributed by atoms with E-state index in [0.717, 1.165) is 19.3 Å². The van der Waals surface area contributed by atoms with E-state index < -0.39 is 0 Å².